The number of carbonyl (C=O) groups excluding carboxylic acids is 1. The largest absolute Gasteiger partial charge is 0.393 e. The highest BCUT2D eigenvalue weighted by molar-refractivity contribution is 5.82. The van der Waals surface area contributed by atoms with Crippen LogP contribution in [0.1, 0.15) is 46.5 Å². The van der Waals surface area contributed by atoms with Crippen LogP contribution in [-0.2, 0) is 4.79 Å². The predicted octanol–water partition coefficient (Wildman–Crippen LogP) is 1.03. The lowest BCUT2D eigenvalue weighted by atomic mass is 9.85. The van der Waals surface area contributed by atoms with Crippen molar-refractivity contribution < 1.29 is 9.90 Å². The molecule has 1 aliphatic rings. The van der Waals surface area contributed by atoms with Crippen LogP contribution in [0.25, 0.3) is 0 Å². The van der Waals surface area contributed by atoms with Crippen LogP contribution < -0.4 is 11.1 Å². The maximum Gasteiger partial charge on any atom is 0.237 e. The molecule has 0 aliphatic heterocycles. The lowest BCUT2D eigenvalue weighted by Gasteiger charge is -2.29. The Morgan fingerprint density at radius 1 is 1.47 bits per heavy atom. The summed E-state index contributed by atoms with van der Waals surface area (Å²) in [6.07, 6.45) is 3.63. The van der Waals surface area contributed by atoms with E-state index in [0.717, 1.165) is 25.7 Å². The highest BCUT2D eigenvalue weighted by atomic mass is 16.3. The van der Waals surface area contributed by atoms with E-state index < -0.39 is 6.04 Å². The van der Waals surface area contributed by atoms with Crippen molar-refractivity contribution in [2.75, 3.05) is 6.54 Å². The number of aliphatic hydroxyl groups is 1. The summed E-state index contributed by atoms with van der Waals surface area (Å²) in [4.78, 5) is 11.8. The molecule has 1 saturated carbocycles. The van der Waals surface area contributed by atoms with Crippen LogP contribution in [0.3, 0.4) is 0 Å². The molecule has 0 aromatic carbocycles. The van der Waals surface area contributed by atoms with Crippen molar-refractivity contribution in [2.45, 2.75) is 58.6 Å². The van der Waals surface area contributed by atoms with Crippen LogP contribution in [0.2, 0.25) is 0 Å². The molecule has 0 aromatic heterocycles. The third-order valence-electron chi connectivity index (χ3n) is 3.54. The molecule has 1 rings (SSSR count). The summed E-state index contributed by atoms with van der Waals surface area (Å²) in [5.74, 6) is 0.312. The van der Waals surface area contributed by atoms with Crippen LogP contribution in [0, 0.1) is 11.3 Å². The van der Waals surface area contributed by atoms with E-state index in [-0.39, 0.29) is 17.4 Å². The van der Waals surface area contributed by atoms with E-state index in [2.05, 4.69) is 5.32 Å². The Balaban J connectivity index is 2.33. The molecule has 17 heavy (non-hydrogen) atoms. The Labute approximate surface area is 104 Å². The zero-order valence-electron chi connectivity index (χ0n) is 11.2. The Kier molecular flexibility index (Phi) is 4.95. The molecule has 0 saturated heterocycles. The first kappa shape index (κ1) is 14.5. The summed E-state index contributed by atoms with van der Waals surface area (Å²) < 4.78 is 0. The Morgan fingerprint density at radius 2 is 2.12 bits per heavy atom. The summed E-state index contributed by atoms with van der Waals surface area (Å²) in [5.41, 5.74) is 5.66. The van der Waals surface area contributed by atoms with E-state index in [1.54, 1.807) is 0 Å². The highest BCUT2D eigenvalue weighted by Crippen LogP contribution is 2.23. The third kappa shape index (κ3) is 4.64. The van der Waals surface area contributed by atoms with E-state index in [0.29, 0.717) is 12.5 Å². The topological polar surface area (TPSA) is 75.4 Å². The average molecular weight is 242 g/mol. The number of aliphatic hydroxyl groups excluding tert-OH is 1. The molecule has 3 atom stereocenters. The number of nitrogens with two attached hydrogens (primary N) is 1. The molecule has 1 fully saturated rings. The van der Waals surface area contributed by atoms with Crippen molar-refractivity contribution in [3.8, 4) is 0 Å². The van der Waals surface area contributed by atoms with Crippen molar-refractivity contribution in [2.24, 2.45) is 17.1 Å². The number of nitrogens with one attached hydrogen (secondary N) is 1. The lowest BCUT2D eigenvalue weighted by Crippen LogP contribution is -2.49. The first-order valence-electron chi connectivity index (χ1n) is 6.52. The molecule has 2 unspecified atom stereocenters. The molecule has 0 bridgehead atoms. The monoisotopic (exact) mass is 242 g/mol. The van der Waals surface area contributed by atoms with E-state index >= 15 is 0 Å². The van der Waals surface area contributed by atoms with Gasteiger partial charge in [0.05, 0.1) is 12.1 Å². The van der Waals surface area contributed by atoms with Gasteiger partial charge in [-0.05, 0) is 30.6 Å². The third-order valence-corrected chi connectivity index (χ3v) is 3.54. The van der Waals surface area contributed by atoms with Gasteiger partial charge in [0, 0.05) is 6.54 Å². The highest BCUT2D eigenvalue weighted by Gasteiger charge is 2.28. The zero-order valence-corrected chi connectivity index (χ0v) is 11.2. The van der Waals surface area contributed by atoms with Gasteiger partial charge in [-0.1, -0.05) is 27.2 Å². The van der Waals surface area contributed by atoms with Gasteiger partial charge in [-0.25, -0.2) is 0 Å². The van der Waals surface area contributed by atoms with Gasteiger partial charge in [-0.15, -0.1) is 0 Å². The summed E-state index contributed by atoms with van der Waals surface area (Å²) in [6, 6.07) is -0.476. The number of amides is 1. The quantitative estimate of drug-likeness (QED) is 0.692. The first-order valence-corrected chi connectivity index (χ1v) is 6.52. The number of hydrogen-bond acceptors (Lipinski definition) is 3. The Morgan fingerprint density at radius 3 is 2.65 bits per heavy atom. The minimum absolute atomic E-state index is 0.0856. The van der Waals surface area contributed by atoms with Gasteiger partial charge in [0.2, 0.25) is 5.91 Å². The van der Waals surface area contributed by atoms with Crippen LogP contribution in [-0.4, -0.2) is 29.7 Å². The van der Waals surface area contributed by atoms with Gasteiger partial charge in [-0.2, -0.15) is 0 Å². The molecule has 0 aromatic rings. The van der Waals surface area contributed by atoms with Crippen molar-refractivity contribution in [3.05, 3.63) is 0 Å². The Hall–Kier alpha value is -0.610. The van der Waals surface area contributed by atoms with Crippen LogP contribution in [0.15, 0.2) is 0 Å². The number of rotatable bonds is 3. The van der Waals surface area contributed by atoms with Crippen LogP contribution in [0.5, 0.6) is 0 Å². The van der Waals surface area contributed by atoms with Gasteiger partial charge >= 0.3 is 0 Å². The Bertz CT molecular complexity index is 261. The second-order valence-corrected chi connectivity index (χ2v) is 6.28. The zero-order chi connectivity index (χ0) is 13.1. The van der Waals surface area contributed by atoms with Gasteiger partial charge in [0.15, 0.2) is 0 Å². The standard InChI is InChI=1S/C13H26N2O2/c1-13(2,3)11(14)12(17)15-8-9-5-4-6-10(16)7-9/h9-11,16H,4-8,14H2,1-3H3,(H,15,17)/t9?,10?,11-/m1/s1. The molecule has 0 heterocycles. The maximum absolute atomic E-state index is 11.8. The van der Waals surface area contributed by atoms with E-state index in [1.165, 1.54) is 0 Å². The van der Waals surface area contributed by atoms with E-state index in [4.69, 9.17) is 5.73 Å². The smallest absolute Gasteiger partial charge is 0.237 e. The van der Waals surface area contributed by atoms with Crippen molar-refractivity contribution in [3.63, 3.8) is 0 Å². The number of hydrogen-bond donors (Lipinski definition) is 3. The summed E-state index contributed by atoms with van der Waals surface area (Å²) in [6.45, 7) is 6.52. The molecular formula is C13H26N2O2. The minimum atomic E-state index is -0.476. The van der Waals surface area contributed by atoms with E-state index in [1.807, 2.05) is 20.8 Å². The molecule has 1 aliphatic carbocycles. The molecule has 1 amide bonds. The molecule has 0 spiro atoms. The van der Waals surface area contributed by atoms with Gasteiger partial charge in [0.25, 0.3) is 0 Å². The minimum Gasteiger partial charge on any atom is -0.393 e. The number of carbonyl (C=O) groups is 1. The van der Waals surface area contributed by atoms with Crippen molar-refractivity contribution in [1.29, 1.82) is 0 Å². The second kappa shape index (κ2) is 5.83. The fraction of sp³-hybridized carbons (Fsp3) is 0.923. The van der Waals surface area contributed by atoms with Gasteiger partial charge in [-0.3, -0.25) is 4.79 Å². The summed E-state index contributed by atoms with van der Waals surface area (Å²) in [5, 5.41) is 12.5. The van der Waals surface area contributed by atoms with E-state index in [9.17, 15) is 9.90 Å². The molecule has 100 valence electrons. The predicted molar refractivity (Wildman–Crippen MR) is 68.4 cm³/mol. The van der Waals surface area contributed by atoms with Crippen LogP contribution >= 0.6 is 0 Å². The van der Waals surface area contributed by atoms with Crippen LogP contribution in [0.4, 0.5) is 0 Å². The van der Waals surface area contributed by atoms with Crippen molar-refractivity contribution >= 4 is 5.91 Å². The first-order chi connectivity index (χ1) is 7.80. The molecular weight excluding hydrogens is 216 g/mol. The fourth-order valence-electron chi connectivity index (χ4n) is 2.20. The summed E-state index contributed by atoms with van der Waals surface area (Å²) in [7, 11) is 0. The van der Waals surface area contributed by atoms with Gasteiger partial charge in [0.1, 0.15) is 0 Å². The normalized spacial score (nSPS) is 27.6. The molecule has 4 heteroatoms. The maximum atomic E-state index is 11.8. The fourth-order valence-corrected chi connectivity index (χ4v) is 2.20. The molecule has 4 N–H and O–H groups in total. The SMILES string of the molecule is CC(C)(C)[C@H](N)C(=O)NCC1CCCC(O)C1. The lowest BCUT2D eigenvalue weighted by molar-refractivity contribution is -0.124. The molecule has 4 nitrogen and oxygen atoms in total. The average Bonchev–Trinajstić information content (AvgIpc) is 2.23. The second-order valence-electron chi connectivity index (χ2n) is 6.28. The van der Waals surface area contributed by atoms with Gasteiger partial charge < -0.3 is 16.2 Å². The molecule has 0 radical (unpaired) electrons. The summed E-state index contributed by atoms with van der Waals surface area (Å²) >= 11 is 0. The van der Waals surface area contributed by atoms with Crippen molar-refractivity contribution in [1.82, 2.24) is 5.32 Å².